The standard InChI is InChI=1S/C17H19ClN2O2/c1-19-17(22)16(21)15(12-8-10-13(18)11-9-12)20(2)14-6-4-3-5-7-14/h3-11,15-16,21H,1-2H3,(H,19,22). The SMILES string of the molecule is CNC(=O)C(O)C(c1ccc(Cl)cc1)N(C)c1ccccc1. The van der Waals surface area contributed by atoms with Gasteiger partial charge >= 0.3 is 0 Å². The largest absolute Gasteiger partial charge is 0.381 e. The number of halogens is 1. The Kier molecular flexibility index (Phi) is 5.41. The van der Waals surface area contributed by atoms with Crippen molar-refractivity contribution in [3.05, 3.63) is 65.2 Å². The Morgan fingerprint density at radius 2 is 1.73 bits per heavy atom. The highest BCUT2D eigenvalue weighted by Crippen LogP contribution is 2.29. The molecule has 0 aromatic heterocycles. The van der Waals surface area contributed by atoms with Gasteiger partial charge in [-0.1, -0.05) is 41.9 Å². The van der Waals surface area contributed by atoms with Crippen molar-refractivity contribution in [2.24, 2.45) is 0 Å². The molecule has 2 N–H and O–H groups in total. The molecule has 2 atom stereocenters. The maximum Gasteiger partial charge on any atom is 0.251 e. The summed E-state index contributed by atoms with van der Waals surface area (Å²) in [6.07, 6.45) is -1.20. The Hall–Kier alpha value is -2.04. The second kappa shape index (κ2) is 7.29. The number of rotatable bonds is 5. The van der Waals surface area contributed by atoms with Gasteiger partial charge in [0.15, 0.2) is 6.10 Å². The first-order valence-electron chi connectivity index (χ1n) is 6.97. The van der Waals surface area contributed by atoms with Crippen LogP contribution in [0.15, 0.2) is 54.6 Å². The Morgan fingerprint density at radius 3 is 2.27 bits per heavy atom. The summed E-state index contributed by atoms with van der Waals surface area (Å²) in [4.78, 5) is 13.8. The van der Waals surface area contributed by atoms with Crippen molar-refractivity contribution in [3.8, 4) is 0 Å². The summed E-state index contributed by atoms with van der Waals surface area (Å²) in [6.45, 7) is 0. The number of hydrogen-bond acceptors (Lipinski definition) is 3. The molecule has 2 aromatic carbocycles. The quantitative estimate of drug-likeness (QED) is 0.891. The molecule has 0 aliphatic carbocycles. The first kappa shape index (κ1) is 16.3. The summed E-state index contributed by atoms with van der Waals surface area (Å²) in [7, 11) is 3.35. The highest BCUT2D eigenvalue weighted by molar-refractivity contribution is 6.30. The van der Waals surface area contributed by atoms with Crippen LogP contribution >= 0.6 is 11.6 Å². The van der Waals surface area contributed by atoms with Gasteiger partial charge in [0.1, 0.15) is 0 Å². The maximum atomic E-state index is 11.9. The van der Waals surface area contributed by atoms with Crippen LogP contribution in [0.2, 0.25) is 5.02 Å². The molecule has 0 bridgehead atoms. The molecule has 2 unspecified atom stereocenters. The molecule has 0 saturated heterocycles. The van der Waals surface area contributed by atoms with Gasteiger partial charge in [-0.2, -0.15) is 0 Å². The summed E-state index contributed by atoms with van der Waals surface area (Å²) in [5.41, 5.74) is 1.72. The monoisotopic (exact) mass is 318 g/mol. The fourth-order valence-electron chi connectivity index (χ4n) is 2.39. The van der Waals surface area contributed by atoms with E-state index in [1.807, 2.05) is 54.4 Å². The van der Waals surface area contributed by atoms with E-state index in [-0.39, 0.29) is 0 Å². The van der Waals surface area contributed by atoms with Crippen molar-refractivity contribution in [2.75, 3.05) is 19.0 Å². The summed E-state index contributed by atoms with van der Waals surface area (Å²) in [6, 6.07) is 16.2. The number of benzene rings is 2. The van der Waals surface area contributed by atoms with Crippen LogP contribution in [0.3, 0.4) is 0 Å². The average Bonchev–Trinajstić information content (AvgIpc) is 2.56. The molecule has 22 heavy (non-hydrogen) atoms. The normalized spacial score (nSPS) is 13.3. The molecule has 5 heteroatoms. The van der Waals surface area contributed by atoms with Crippen LogP contribution in [0.5, 0.6) is 0 Å². The Morgan fingerprint density at radius 1 is 1.14 bits per heavy atom. The third kappa shape index (κ3) is 3.59. The molecule has 0 radical (unpaired) electrons. The van der Waals surface area contributed by atoms with Gasteiger partial charge in [0.05, 0.1) is 6.04 Å². The maximum absolute atomic E-state index is 11.9. The third-order valence-electron chi connectivity index (χ3n) is 3.61. The van der Waals surface area contributed by atoms with Gasteiger partial charge in [-0.3, -0.25) is 4.79 Å². The lowest BCUT2D eigenvalue weighted by atomic mass is 9.98. The molecule has 2 rings (SSSR count). The number of aliphatic hydroxyl groups excluding tert-OH is 1. The van der Waals surface area contributed by atoms with Crippen molar-refractivity contribution in [2.45, 2.75) is 12.1 Å². The van der Waals surface area contributed by atoms with Crippen LogP contribution in [-0.2, 0) is 4.79 Å². The van der Waals surface area contributed by atoms with E-state index < -0.39 is 18.1 Å². The summed E-state index contributed by atoms with van der Waals surface area (Å²) in [5, 5.41) is 13.5. The minimum Gasteiger partial charge on any atom is -0.381 e. The van der Waals surface area contributed by atoms with E-state index in [4.69, 9.17) is 11.6 Å². The summed E-state index contributed by atoms with van der Waals surface area (Å²) in [5.74, 6) is -0.428. The number of carbonyl (C=O) groups is 1. The lowest BCUT2D eigenvalue weighted by Gasteiger charge is -2.33. The number of nitrogens with zero attached hydrogens (tertiary/aromatic N) is 1. The zero-order valence-electron chi connectivity index (χ0n) is 12.5. The highest BCUT2D eigenvalue weighted by atomic mass is 35.5. The van der Waals surface area contributed by atoms with Crippen molar-refractivity contribution in [3.63, 3.8) is 0 Å². The van der Waals surface area contributed by atoms with E-state index >= 15 is 0 Å². The fourth-order valence-corrected chi connectivity index (χ4v) is 2.52. The number of amides is 1. The van der Waals surface area contributed by atoms with Crippen molar-refractivity contribution in [1.82, 2.24) is 5.32 Å². The predicted octanol–water partition coefficient (Wildman–Crippen LogP) is 2.62. The van der Waals surface area contributed by atoms with Gasteiger partial charge < -0.3 is 15.3 Å². The number of anilines is 1. The molecular weight excluding hydrogens is 300 g/mol. The summed E-state index contributed by atoms with van der Waals surface area (Å²) < 4.78 is 0. The van der Waals surface area contributed by atoms with Gasteiger partial charge in [0.25, 0.3) is 5.91 Å². The lowest BCUT2D eigenvalue weighted by molar-refractivity contribution is -0.129. The average molecular weight is 319 g/mol. The van der Waals surface area contributed by atoms with Crippen molar-refractivity contribution >= 4 is 23.2 Å². The minimum absolute atomic E-state index is 0.428. The van der Waals surface area contributed by atoms with Crippen LogP contribution in [0.1, 0.15) is 11.6 Å². The first-order valence-corrected chi connectivity index (χ1v) is 7.35. The van der Waals surface area contributed by atoms with Gasteiger partial charge in [-0.15, -0.1) is 0 Å². The van der Waals surface area contributed by atoms with Crippen LogP contribution in [0.25, 0.3) is 0 Å². The third-order valence-corrected chi connectivity index (χ3v) is 3.86. The molecule has 0 aliphatic heterocycles. The molecule has 0 aliphatic rings. The van der Waals surface area contributed by atoms with Gasteiger partial charge in [0.2, 0.25) is 0 Å². The van der Waals surface area contributed by atoms with Crippen LogP contribution in [0, 0.1) is 0 Å². The fraction of sp³-hybridized carbons (Fsp3) is 0.235. The van der Waals surface area contributed by atoms with E-state index in [0.717, 1.165) is 11.3 Å². The molecule has 0 fully saturated rings. The first-order chi connectivity index (χ1) is 10.5. The predicted molar refractivity (Wildman–Crippen MR) is 89.1 cm³/mol. The number of hydrogen-bond donors (Lipinski definition) is 2. The van der Waals surface area contributed by atoms with Crippen LogP contribution in [0.4, 0.5) is 5.69 Å². The molecule has 0 heterocycles. The Bertz CT molecular complexity index is 616. The minimum atomic E-state index is -1.20. The molecule has 2 aromatic rings. The van der Waals surface area contributed by atoms with E-state index in [1.165, 1.54) is 7.05 Å². The lowest BCUT2D eigenvalue weighted by Crippen LogP contribution is -2.43. The van der Waals surface area contributed by atoms with Gasteiger partial charge in [-0.25, -0.2) is 0 Å². The molecule has 0 saturated carbocycles. The summed E-state index contributed by atoms with van der Waals surface area (Å²) >= 11 is 5.93. The second-order valence-corrected chi connectivity index (χ2v) is 5.44. The number of para-hydroxylation sites is 1. The van der Waals surface area contributed by atoms with Crippen LogP contribution in [-0.4, -0.2) is 31.2 Å². The van der Waals surface area contributed by atoms with E-state index in [0.29, 0.717) is 5.02 Å². The molecule has 116 valence electrons. The highest BCUT2D eigenvalue weighted by Gasteiger charge is 2.30. The number of likely N-dealkylation sites (N-methyl/N-ethyl adjacent to an activating group) is 2. The van der Waals surface area contributed by atoms with Crippen LogP contribution < -0.4 is 10.2 Å². The zero-order chi connectivity index (χ0) is 16.1. The van der Waals surface area contributed by atoms with Gasteiger partial charge in [0, 0.05) is 24.8 Å². The molecule has 4 nitrogen and oxygen atoms in total. The Labute approximate surface area is 135 Å². The number of carbonyl (C=O) groups excluding carboxylic acids is 1. The number of aliphatic hydroxyl groups is 1. The molecule has 1 amide bonds. The van der Waals surface area contributed by atoms with Crippen molar-refractivity contribution in [1.29, 1.82) is 0 Å². The second-order valence-electron chi connectivity index (χ2n) is 5.00. The van der Waals surface area contributed by atoms with Gasteiger partial charge in [-0.05, 0) is 29.8 Å². The zero-order valence-corrected chi connectivity index (χ0v) is 13.3. The van der Waals surface area contributed by atoms with E-state index in [2.05, 4.69) is 5.32 Å². The molecule has 0 spiro atoms. The topological polar surface area (TPSA) is 52.6 Å². The van der Waals surface area contributed by atoms with E-state index in [9.17, 15) is 9.90 Å². The smallest absolute Gasteiger partial charge is 0.251 e. The molecular formula is C17H19ClN2O2. The Balaban J connectivity index is 2.41. The number of nitrogens with one attached hydrogen (secondary N) is 1. The van der Waals surface area contributed by atoms with Crippen molar-refractivity contribution < 1.29 is 9.90 Å². The van der Waals surface area contributed by atoms with E-state index in [1.54, 1.807) is 12.1 Å².